The van der Waals surface area contributed by atoms with Crippen molar-refractivity contribution in [2.24, 2.45) is 0 Å². The maximum absolute atomic E-state index is 12.4. The number of nitrogens with zero attached hydrogens (tertiary/aromatic N) is 2. The smallest absolute Gasteiger partial charge is 0.239 e. The summed E-state index contributed by atoms with van der Waals surface area (Å²) in [6.07, 6.45) is 3.47. The number of amides is 4. The Hall–Kier alpha value is -1.72. The number of likely N-dealkylation sites (tertiary alicyclic amines) is 2. The number of hydrogen-bond acceptors (Lipinski definition) is 4. The van der Waals surface area contributed by atoms with Gasteiger partial charge in [-0.05, 0) is 26.7 Å². The fraction of sp³-hybridized carbons (Fsp3) is 0.765. The SMILES string of the molecule is CCCC1(C)CC(=O)N1C(=O)CC(=O)N1C(=O)CC1(C)CCC. The summed E-state index contributed by atoms with van der Waals surface area (Å²) < 4.78 is 0. The van der Waals surface area contributed by atoms with Gasteiger partial charge < -0.3 is 0 Å². The van der Waals surface area contributed by atoms with Crippen LogP contribution in [0.15, 0.2) is 0 Å². The van der Waals surface area contributed by atoms with E-state index in [1.54, 1.807) is 0 Å². The maximum atomic E-state index is 12.4. The van der Waals surface area contributed by atoms with Crippen LogP contribution in [0.5, 0.6) is 0 Å². The Morgan fingerprint density at radius 3 is 1.48 bits per heavy atom. The highest BCUT2D eigenvalue weighted by Crippen LogP contribution is 2.38. The van der Waals surface area contributed by atoms with Crippen molar-refractivity contribution in [1.29, 1.82) is 0 Å². The van der Waals surface area contributed by atoms with Crippen molar-refractivity contribution < 1.29 is 19.2 Å². The molecule has 6 nitrogen and oxygen atoms in total. The van der Waals surface area contributed by atoms with Crippen LogP contribution in [0.3, 0.4) is 0 Å². The van der Waals surface area contributed by atoms with Crippen LogP contribution in [0.4, 0.5) is 0 Å². The molecule has 2 aliphatic heterocycles. The lowest BCUT2D eigenvalue weighted by atomic mass is 9.80. The summed E-state index contributed by atoms with van der Waals surface area (Å²) in [5.41, 5.74) is -0.955. The molecule has 2 atom stereocenters. The second kappa shape index (κ2) is 6.06. The number of hydrogen-bond donors (Lipinski definition) is 0. The van der Waals surface area contributed by atoms with Gasteiger partial charge in [-0.25, -0.2) is 0 Å². The highest BCUT2D eigenvalue weighted by atomic mass is 16.2. The van der Waals surface area contributed by atoms with Gasteiger partial charge in [0, 0.05) is 0 Å². The van der Waals surface area contributed by atoms with E-state index in [2.05, 4.69) is 0 Å². The first-order valence-corrected chi connectivity index (χ1v) is 8.40. The Morgan fingerprint density at radius 2 is 1.22 bits per heavy atom. The number of β-lactam (4-membered cyclic amide) rings is 2. The molecule has 0 aromatic carbocycles. The van der Waals surface area contributed by atoms with Crippen LogP contribution >= 0.6 is 0 Å². The van der Waals surface area contributed by atoms with Crippen molar-refractivity contribution in [2.45, 2.75) is 83.7 Å². The van der Waals surface area contributed by atoms with E-state index in [1.165, 1.54) is 9.80 Å². The molecule has 2 unspecified atom stereocenters. The molecule has 0 aromatic heterocycles. The van der Waals surface area contributed by atoms with Crippen molar-refractivity contribution >= 4 is 23.6 Å². The summed E-state index contributed by atoms with van der Waals surface area (Å²) in [7, 11) is 0. The highest BCUT2D eigenvalue weighted by Gasteiger charge is 2.53. The standard InChI is InChI=1S/C17H26N2O4/c1-5-7-16(3)10-14(22)18(16)12(20)9-13(21)19-15(23)11-17(19,4)8-6-2/h5-11H2,1-4H3. The molecule has 0 aromatic rings. The van der Waals surface area contributed by atoms with Crippen molar-refractivity contribution in [3.05, 3.63) is 0 Å². The van der Waals surface area contributed by atoms with E-state index >= 15 is 0 Å². The summed E-state index contributed by atoms with van der Waals surface area (Å²) in [5.74, 6) is -1.43. The predicted molar refractivity (Wildman–Crippen MR) is 84.2 cm³/mol. The summed E-state index contributed by atoms with van der Waals surface area (Å²) in [6.45, 7) is 7.74. The molecule has 2 saturated heterocycles. The van der Waals surface area contributed by atoms with Crippen LogP contribution in [0.25, 0.3) is 0 Å². The van der Waals surface area contributed by atoms with Crippen molar-refractivity contribution in [2.75, 3.05) is 0 Å². The fourth-order valence-electron chi connectivity index (χ4n) is 4.03. The summed E-state index contributed by atoms with van der Waals surface area (Å²) >= 11 is 0. The minimum atomic E-state index is -0.485. The van der Waals surface area contributed by atoms with E-state index in [0.717, 1.165) is 25.7 Å². The Kier molecular flexibility index (Phi) is 4.64. The first-order valence-electron chi connectivity index (χ1n) is 8.40. The first kappa shape index (κ1) is 17.6. The monoisotopic (exact) mass is 322 g/mol. The van der Waals surface area contributed by atoms with Gasteiger partial charge in [0.25, 0.3) is 0 Å². The van der Waals surface area contributed by atoms with Gasteiger partial charge in [0.1, 0.15) is 6.42 Å². The van der Waals surface area contributed by atoms with Crippen molar-refractivity contribution in [3.8, 4) is 0 Å². The van der Waals surface area contributed by atoms with E-state index in [1.807, 2.05) is 27.7 Å². The maximum Gasteiger partial charge on any atom is 0.239 e. The Labute approximate surface area is 137 Å². The number of carbonyl (C=O) groups excluding carboxylic acids is 4. The van der Waals surface area contributed by atoms with Crippen molar-refractivity contribution in [3.63, 3.8) is 0 Å². The Morgan fingerprint density at radius 1 is 0.870 bits per heavy atom. The van der Waals surface area contributed by atoms with E-state index in [-0.39, 0.29) is 11.8 Å². The van der Waals surface area contributed by atoms with Crippen LogP contribution in [0.2, 0.25) is 0 Å². The lowest BCUT2D eigenvalue weighted by molar-refractivity contribution is -0.171. The quantitative estimate of drug-likeness (QED) is 0.554. The van der Waals surface area contributed by atoms with Gasteiger partial charge in [0.15, 0.2) is 0 Å². The minimum absolute atomic E-state index is 0.231. The van der Waals surface area contributed by atoms with E-state index in [0.29, 0.717) is 12.8 Å². The normalized spacial score (nSPS) is 30.1. The van der Waals surface area contributed by atoms with Crippen LogP contribution < -0.4 is 0 Å². The lowest BCUT2D eigenvalue weighted by Gasteiger charge is -2.50. The van der Waals surface area contributed by atoms with Crippen molar-refractivity contribution in [1.82, 2.24) is 9.80 Å². The van der Waals surface area contributed by atoms with E-state index in [4.69, 9.17) is 0 Å². The highest BCUT2D eigenvalue weighted by molar-refractivity contribution is 6.12. The molecular formula is C17H26N2O4. The van der Waals surface area contributed by atoms with Gasteiger partial charge in [-0.1, -0.05) is 26.7 Å². The summed E-state index contributed by atoms with van der Waals surface area (Å²) in [4.78, 5) is 50.9. The van der Waals surface area contributed by atoms with Gasteiger partial charge >= 0.3 is 0 Å². The molecule has 4 amide bonds. The van der Waals surface area contributed by atoms with E-state index < -0.39 is 29.3 Å². The molecular weight excluding hydrogens is 296 g/mol. The molecule has 0 spiro atoms. The predicted octanol–water partition coefficient (Wildman–Crippen LogP) is 2.01. The van der Waals surface area contributed by atoms with Gasteiger partial charge in [0.05, 0.1) is 23.9 Å². The minimum Gasteiger partial charge on any atom is -0.276 e. The average molecular weight is 322 g/mol. The van der Waals surface area contributed by atoms with Crippen LogP contribution in [-0.4, -0.2) is 44.5 Å². The second-order valence-corrected chi connectivity index (χ2v) is 7.27. The third-order valence-electron chi connectivity index (χ3n) is 5.02. The Balaban J connectivity index is 2.04. The molecule has 6 heteroatoms. The third kappa shape index (κ3) is 2.91. The molecule has 0 saturated carbocycles. The van der Waals surface area contributed by atoms with Gasteiger partial charge in [-0.15, -0.1) is 0 Å². The zero-order chi connectivity index (χ0) is 17.4. The average Bonchev–Trinajstić information content (AvgIpc) is 2.36. The lowest BCUT2D eigenvalue weighted by Crippen LogP contribution is -2.67. The summed E-state index contributed by atoms with van der Waals surface area (Å²) in [6, 6.07) is 0. The van der Waals surface area contributed by atoms with Gasteiger partial charge in [0.2, 0.25) is 23.6 Å². The molecule has 0 bridgehead atoms. The van der Waals surface area contributed by atoms with Crippen LogP contribution in [-0.2, 0) is 19.2 Å². The number of carbonyl (C=O) groups is 4. The largest absolute Gasteiger partial charge is 0.276 e. The molecule has 0 N–H and O–H groups in total. The van der Waals surface area contributed by atoms with Crippen LogP contribution in [0, 0.1) is 0 Å². The molecule has 2 heterocycles. The number of rotatable bonds is 6. The van der Waals surface area contributed by atoms with Crippen LogP contribution in [0.1, 0.15) is 72.6 Å². The molecule has 2 rings (SSSR count). The number of imide groups is 2. The molecule has 2 aliphatic rings. The molecule has 128 valence electrons. The fourth-order valence-corrected chi connectivity index (χ4v) is 4.03. The molecule has 2 fully saturated rings. The van der Waals surface area contributed by atoms with Gasteiger partial charge in [-0.3, -0.25) is 29.0 Å². The third-order valence-corrected chi connectivity index (χ3v) is 5.02. The Bertz CT molecular complexity index is 511. The van der Waals surface area contributed by atoms with E-state index in [9.17, 15) is 19.2 Å². The topological polar surface area (TPSA) is 74.8 Å². The molecule has 0 aliphatic carbocycles. The van der Waals surface area contributed by atoms with Gasteiger partial charge in [-0.2, -0.15) is 0 Å². The zero-order valence-electron chi connectivity index (χ0n) is 14.5. The molecule has 0 radical (unpaired) electrons. The second-order valence-electron chi connectivity index (χ2n) is 7.27. The zero-order valence-corrected chi connectivity index (χ0v) is 14.5. The molecule has 23 heavy (non-hydrogen) atoms. The summed E-state index contributed by atoms with van der Waals surface area (Å²) in [5, 5.41) is 0. The first-order chi connectivity index (χ1) is 10.7.